The van der Waals surface area contributed by atoms with Crippen LogP contribution in [0.1, 0.15) is 0 Å². The van der Waals surface area contributed by atoms with E-state index in [1.165, 1.54) is 12.1 Å². The molecular weight excluding hydrogens is 383 g/mol. The zero-order valence-corrected chi connectivity index (χ0v) is 16.6. The maximum Gasteiger partial charge on any atom is 0.181 e. The van der Waals surface area contributed by atoms with Gasteiger partial charge in [-0.25, -0.2) is 14.4 Å². The molecule has 1 aliphatic heterocycles. The van der Waals surface area contributed by atoms with Gasteiger partial charge in [0.25, 0.3) is 0 Å². The summed E-state index contributed by atoms with van der Waals surface area (Å²) in [6.07, 6.45) is 3.71. The second kappa shape index (κ2) is 7.76. The Morgan fingerprint density at radius 3 is 2.37 bits per heavy atom. The van der Waals surface area contributed by atoms with Gasteiger partial charge in [0.1, 0.15) is 11.6 Å². The average Bonchev–Trinajstić information content (AvgIpc) is 3.20. The molecular formula is C23H21FN4O2. The topological polar surface area (TPSA) is 51.9 Å². The summed E-state index contributed by atoms with van der Waals surface area (Å²) in [5.41, 5.74) is 4.31. The van der Waals surface area contributed by atoms with Crippen molar-refractivity contribution in [3.05, 3.63) is 66.7 Å². The van der Waals surface area contributed by atoms with E-state index in [-0.39, 0.29) is 5.82 Å². The Labute approximate surface area is 173 Å². The second-order valence-electron chi connectivity index (χ2n) is 7.09. The highest BCUT2D eigenvalue weighted by Crippen LogP contribution is 2.35. The Morgan fingerprint density at radius 1 is 0.967 bits per heavy atom. The molecule has 5 rings (SSSR count). The number of benzene rings is 2. The van der Waals surface area contributed by atoms with Crippen molar-refractivity contribution < 1.29 is 13.9 Å². The third kappa shape index (κ3) is 3.27. The van der Waals surface area contributed by atoms with E-state index in [1.807, 2.05) is 30.5 Å². The Kier molecular flexibility index (Phi) is 4.80. The molecule has 7 heteroatoms. The Hall–Kier alpha value is -3.45. The SMILES string of the molecule is COc1ccc(-c2c(-c3ccc(F)cc3)nc3c(N4CCOCC4)nccn23)cc1. The number of nitrogens with zero attached hydrogens (tertiary/aromatic N) is 4. The number of aromatic nitrogens is 3. The quantitative estimate of drug-likeness (QED) is 0.514. The maximum absolute atomic E-state index is 13.6. The summed E-state index contributed by atoms with van der Waals surface area (Å²) in [5, 5.41) is 0. The molecule has 6 nitrogen and oxygen atoms in total. The summed E-state index contributed by atoms with van der Waals surface area (Å²) in [6.45, 7) is 2.87. The van der Waals surface area contributed by atoms with Gasteiger partial charge < -0.3 is 14.4 Å². The van der Waals surface area contributed by atoms with Gasteiger partial charge in [-0.2, -0.15) is 0 Å². The van der Waals surface area contributed by atoms with Crippen molar-refractivity contribution in [3.63, 3.8) is 0 Å². The highest BCUT2D eigenvalue weighted by Gasteiger charge is 2.22. The molecule has 30 heavy (non-hydrogen) atoms. The van der Waals surface area contributed by atoms with Gasteiger partial charge in [0, 0.05) is 36.6 Å². The van der Waals surface area contributed by atoms with Crippen molar-refractivity contribution in [2.24, 2.45) is 0 Å². The Morgan fingerprint density at radius 2 is 1.67 bits per heavy atom. The van der Waals surface area contributed by atoms with Crippen molar-refractivity contribution in [1.82, 2.24) is 14.4 Å². The molecule has 0 bridgehead atoms. The summed E-state index contributed by atoms with van der Waals surface area (Å²) in [5.74, 6) is 1.33. The lowest BCUT2D eigenvalue weighted by molar-refractivity contribution is 0.122. The van der Waals surface area contributed by atoms with Gasteiger partial charge in [0.05, 0.1) is 31.7 Å². The molecule has 0 radical (unpaired) electrons. The van der Waals surface area contributed by atoms with Crippen LogP contribution in [-0.2, 0) is 4.74 Å². The van der Waals surface area contributed by atoms with Crippen LogP contribution in [0.15, 0.2) is 60.9 Å². The van der Waals surface area contributed by atoms with Crippen molar-refractivity contribution in [1.29, 1.82) is 0 Å². The van der Waals surface area contributed by atoms with Gasteiger partial charge in [-0.05, 0) is 48.5 Å². The molecule has 152 valence electrons. The number of halogens is 1. The Bertz CT molecular complexity index is 1170. The molecule has 0 spiro atoms. The fourth-order valence-electron chi connectivity index (χ4n) is 3.80. The first-order valence-corrected chi connectivity index (χ1v) is 9.85. The summed E-state index contributed by atoms with van der Waals surface area (Å²) >= 11 is 0. The number of rotatable bonds is 4. The van der Waals surface area contributed by atoms with Crippen LogP contribution in [0.3, 0.4) is 0 Å². The number of fused-ring (bicyclic) bond motifs is 1. The van der Waals surface area contributed by atoms with Crippen LogP contribution < -0.4 is 9.64 Å². The molecule has 0 aliphatic carbocycles. The maximum atomic E-state index is 13.6. The molecule has 4 aromatic rings. The minimum absolute atomic E-state index is 0.274. The third-order valence-electron chi connectivity index (χ3n) is 5.32. The molecule has 0 N–H and O–H groups in total. The van der Waals surface area contributed by atoms with Crippen molar-refractivity contribution >= 4 is 11.5 Å². The largest absolute Gasteiger partial charge is 0.497 e. The standard InChI is InChI=1S/C23H21FN4O2/c1-29-19-8-4-17(5-9-19)21-20(16-2-6-18(24)7-3-16)26-23-22(25-10-11-28(21)23)27-12-14-30-15-13-27/h2-11H,12-15H2,1H3. The van der Waals surface area contributed by atoms with E-state index >= 15 is 0 Å². The monoisotopic (exact) mass is 404 g/mol. The average molecular weight is 404 g/mol. The minimum atomic E-state index is -0.274. The van der Waals surface area contributed by atoms with Crippen LogP contribution in [0.5, 0.6) is 5.75 Å². The summed E-state index contributed by atoms with van der Waals surface area (Å²) in [6, 6.07) is 14.3. The lowest BCUT2D eigenvalue weighted by atomic mass is 10.0. The number of anilines is 1. The summed E-state index contributed by atoms with van der Waals surface area (Å²) in [4.78, 5) is 11.8. The molecule has 0 amide bonds. The molecule has 1 fully saturated rings. The van der Waals surface area contributed by atoms with Crippen LogP contribution in [-0.4, -0.2) is 47.8 Å². The number of hydrogen-bond acceptors (Lipinski definition) is 5. The van der Waals surface area contributed by atoms with Crippen LogP contribution in [0.25, 0.3) is 28.2 Å². The van der Waals surface area contributed by atoms with Gasteiger partial charge >= 0.3 is 0 Å². The van der Waals surface area contributed by atoms with E-state index in [0.717, 1.165) is 52.8 Å². The van der Waals surface area contributed by atoms with E-state index in [1.54, 1.807) is 25.4 Å². The van der Waals surface area contributed by atoms with Gasteiger partial charge in [-0.15, -0.1) is 0 Å². The first-order chi connectivity index (χ1) is 14.7. The zero-order valence-electron chi connectivity index (χ0n) is 16.6. The van der Waals surface area contributed by atoms with E-state index in [0.29, 0.717) is 13.2 Å². The number of hydrogen-bond donors (Lipinski definition) is 0. The molecule has 1 aliphatic rings. The first-order valence-electron chi connectivity index (χ1n) is 9.85. The van der Waals surface area contributed by atoms with E-state index in [4.69, 9.17) is 14.5 Å². The summed E-state index contributed by atoms with van der Waals surface area (Å²) in [7, 11) is 1.65. The number of morpholine rings is 1. The van der Waals surface area contributed by atoms with Crippen LogP contribution in [0, 0.1) is 5.82 Å². The molecule has 0 atom stereocenters. The van der Waals surface area contributed by atoms with Crippen LogP contribution >= 0.6 is 0 Å². The molecule has 0 saturated carbocycles. The van der Waals surface area contributed by atoms with E-state index < -0.39 is 0 Å². The number of imidazole rings is 1. The Balaban J connectivity index is 1.74. The van der Waals surface area contributed by atoms with Crippen LogP contribution in [0.4, 0.5) is 10.2 Å². The third-order valence-corrected chi connectivity index (χ3v) is 5.32. The van der Waals surface area contributed by atoms with Crippen LogP contribution in [0.2, 0.25) is 0 Å². The van der Waals surface area contributed by atoms with Gasteiger partial charge in [0.2, 0.25) is 0 Å². The van der Waals surface area contributed by atoms with Crippen molar-refractivity contribution in [2.75, 3.05) is 38.3 Å². The second-order valence-corrected chi connectivity index (χ2v) is 7.09. The number of ether oxygens (including phenoxy) is 2. The predicted octanol–water partition coefficient (Wildman–Crippen LogP) is 4.05. The lowest BCUT2D eigenvalue weighted by Crippen LogP contribution is -2.37. The smallest absolute Gasteiger partial charge is 0.181 e. The lowest BCUT2D eigenvalue weighted by Gasteiger charge is -2.27. The highest BCUT2D eigenvalue weighted by molar-refractivity contribution is 5.84. The van der Waals surface area contributed by atoms with Crippen molar-refractivity contribution in [3.8, 4) is 28.3 Å². The zero-order chi connectivity index (χ0) is 20.5. The van der Waals surface area contributed by atoms with E-state index in [2.05, 4.69) is 14.3 Å². The predicted molar refractivity (Wildman–Crippen MR) is 113 cm³/mol. The normalized spacial score (nSPS) is 14.3. The minimum Gasteiger partial charge on any atom is -0.497 e. The molecule has 2 aromatic carbocycles. The molecule has 0 unspecified atom stereocenters. The summed E-state index contributed by atoms with van der Waals surface area (Å²) < 4.78 is 26.4. The first kappa shape index (κ1) is 18.6. The molecule has 1 saturated heterocycles. The van der Waals surface area contributed by atoms with Gasteiger partial charge in [0.15, 0.2) is 11.5 Å². The van der Waals surface area contributed by atoms with Crippen molar-refractivity contribution in [2.45, 2.75) is 0 Å². The molecule has 3 heterocycles. The number of methoxy groups -OCH3 is 1. The van der Waals surface area contributed by atoms with Gasteiger partial charge in [-0.3, -0.25) is 4.40 Å². The van der Waals surface area contributed by atoms with Gasteiger partial charge in [-0.1, -0.05) is 0 Å². The van der Waals surface area contributed by atoms with E-state index in [9.17, 15) is 4.39 Å². The highest BCUT2D eigenvalue weighted by atomic mass is 19.1. The molecule has 2 aromatic heterocycles. The fourth-order valence-corrected chi connectivity index (χ4v) is 3.80. The fraction of sp³-hybridized carbons (Fsp3) is 0.217.